The number of carbonyl (C=O) groups is 2. The van der Waals surface area contributed by atoms with E-state index in [0.29, 0.717) is 11.3 Å². The molecule has 8 heteroatoms. The van der Waals surface area contributed by atoms with Crippen molar-refractivity contribution in [3.63, 3.8) is 0 Å². The second-order valence-corrected chi connectivity index (χ2v) is 10.8. The first-order valence-corrected chi connectivity index (χ1v) is 13.9. The van der Waals surface area contributed by atoms with Crippen molar-refractivity contribution in [1.82, 2.24) is 4.57 Å². The lowest BCUT2D eigenvalue weighted by atomic mass is 10.0. The molecule has 3 heterocycles. The van der Waals surface area contributed by atoms with E-state index < -0.39 is 6.16 Å². The number of carbonyl (C=O) groups excluding carboxylic acids is 2. The van der Waals surface area contributed by atoms with Crippen molar-refractivity contribution in [3.8, 4) is 5.69 Å². The van der Waals surface area contributed by atoms with Crippen LogP contribution in [-0.2, 0) is 9.57 Å². The number of hydrogen-bond donors (Lipinski definition) is 0. The fraction of sp³-hybridized carbons (Fsp3) is 0.100. The van der Waals surface area contributed by atoms with Gasteiger partial charge in [-0.3, -0.25) is 9.63 Å². The van der Waals surface area contributed by atoms with Crippen molar-refractivity contribution in [2.24, 2.45) is 5.16 Å². The normalized spacial score (nSPS) is 15.3. The number of thiophene rings is 1. The number of fused-ring (bicyclic) bond motifs is 3. The van der Waals surface area contributed by atoms with Gasteiger partial charge in [-0.25, -0.2) is 4.79 Å². The number of thioether (sulfide) groups is 1. The van der Waals surface area contributed by atoms with E-state index in [1.807, 2.05) is 84.3 Å². The summed E-state index contributed by atoms with van der Waals surface area (Å²) in [7, 11) is 1.24. The number of oxime groups is 1. The van der Waals surface area contributed by atoms with E-state index in [-0.39, 0.29) is 11.0 Å². The minimum Gasteiger partial charge on any atom is -0.436 e. The first-order valence-electron chi connectivity index (χ1n) is 12.0. The zero-order valence-corrected chi connectivity index (χ0v) is 22.0. The number of nitrogens with zero attached hydrogens (tertiary/aromatic N) is 2. The smallest absolute Gasteiger partial charge is 0.436 e. The highest BCUT2D eigenvalue weighted by Gasteiger charge is 2.22. The van der Waals surface area contributed by atoms with Gasteiger partial charge in [-0.15, -0.1) is 23.1 Å². The van der Waals surface area contributed by atoms with Gasteiger partial charge in [0.25, 0.3) is 0 Å². The fourth-order valence-electron chi connectivity index (χ4n) is 4.67. The second kappa shape index (κ2) is 10.3. The van der Waals surface area contributed by atoms with E-state index in [2.05, 4.69) is 26.6 Å². The first kappa shape index (κ1) is 24.2. The Bertz CT molecular complexity index is 1720. The van der Waals surface area contributed by atoms with Gasteiger partial charge in [0, 0.05) is 33.3 Å². The lowest BCUT2D eigenvalue weighted by molar-refractivity contribution is 0.0755. The summed E-state index contributed by atoms with van der Waals surface area (Å²) in [5.74, 6) is 0.961. The van der Waals surface area contributed by atoms with Gasteiger partial charge in [-0.2, -0.15) is 0 Å². The SMILES string of the molecule is COC(=O)O/N=C(/c1ccc2c(c1)c1cc(C(=O)C3C=CCS3)ccc1n2-c1ccccc1)c1cccs1. The lowest BCUT2D eigenvalue weighted by Gasteiger charge is -2.09. The molecule has 0 saturated carbocycles. The average molecular weight is 539 g/mol. The molecule has 0 saturated heterocycles. The monoisotopic (exact) mass is 538 g/mol. The van der Waals surface area contributed by atoms with E-state index in [0.717, 1.165) is 43.7 Å². The molecule has 1 aliphatic heterocycles. The van der Waals surface area contributed by atoms with Crippen LogP contribution in [0.1, 0.15) is 20.8 Å². The molecule has 1 atom stereocenters. The number of Topliss-reactive ketones (excluding diaryl/α,β-unsaturated/α-hetero) is 1. The molecule has 0 bridgehead atoms. The number of methoxy groups -OCH3 is 1. The van der Waals surface area contributed by atoms with Crippen molar-refractivity contribution in [2.45, 2.75) is 5.25 Å². The molecule has 3 aromatic carbocycles. The van der Waals surface area contributed by atoms with Crippen LogP contribution in [0.3, 0.4) is 0 Å². The van der Waals surface area contributed by atoms with Gasteiger partial charge in [0.2, 0.25) is 0 Å². The minimum atomic E-state index is -0.886. The molecule has 188 valence electrons. The number of rotatable bonds is 6. The third-order valence-corrected chi connectivity index (χ3v) is 8.40. The van der Waals surface area contributed by atoms with E-state index in [1.54, 1.807) is 11.8 Å². The number of ketones is 1. The van der Waals surface area contributed by atoms with E-state index in [9.17, 15) is 9.59 Å². The highest BCUT2D eigenvalue weighted by molar-refractivity contribution is 8.01. The number of aromatic nitrogens is 1. The van der Waals surface area contributed by atoms with Crippen LogP contribution in [0.25, 0.3) is 27.5 Å². The molecule has 0 spiro atoms. The number of ether oxygens (including phenoxy) is 1. The van der Waals surface area contributed by atoms with Gasteiger partial charge in [0.05, 0.1) is 28.3 Å². The van der Waals surface area contributed by atoms with Crippen LogP contribution in [-0.4, -0.2) is 40.3 Å². The lowest BCUT2D eigenvalue weighted by Crippen LogP contribution is -2.12. The number of hydrogen-bond acceptors (Lipinski definition) is 7. The first-order chi connectivity index (χ1) is 18.6. The van der Waals surface area contributed by atoms with Crippen molar-refractivity contribution in [3.05, 3.63) is 112 Å². The predicted octanol–water partition coefficient (Wildman–Crippen LogP) is 7.23. The summed E-state index contributed by atoms with van der Waals surface area (Å²) in [4.78, 5) is 30.8. The van der Waals surface area contributed by atoms with Crippen LogP contribution in [0.15, 0.2) is 102 Å². The van der Waals surface area contributed by atoms with Crippen LogP contribution in [0.2, 0.25) is 0 Å². The third kappa shape index (κ3) is 4.42. The van der Waals surface area contributed by atoms with Crippen molar-refractivity contribution < 1.29 is 19.2 Å². The van der Waals surface area contributed by atoms with E-state index in [1.165, 1.54) is 18.4 Å². The standard InChI is InChI=1S/C30H22N2O4S2/c1-35-30(34)36-31-28(26-9-5-15-37-26)19-11-13-24-22(17-19)23-18-20(29(33)27-10-6-16-38-27)12-14-25(23)32(24)21-7-3-2-4-8-21/h2-15,17-18,27H,16H2,1H3/b31-28-. The van der Waals surface area contributed by atoms with Gasteiger partial charge in [0.15, 0.2) is 5.78 Å². The molecular formula is C30H22N2O4S2. The molecule has 0 N–H and O–H groups in total. The zero-order valence-electron chi connectivity index (χ0n) is 20.4. The van der Waals surface area contributed by atoms with Crippen LogP contribution in [0.5, 0.6) is 0 Å². The Labute approximate surface area is 227 Å². The maximum absolute atomic E-state index is 13.3. The molecule has 2 aromatic heterocycles. The Morgan fingerprint density at radius 2 is 1.66 bits per heavy atom. The van der Waals surface area contributed by atoms with Crippen LogP contribution < -0.4 is 0 Å². The number of benzene rings is 3. The molecule has 6 nitrogen and oxygen atoms in total. The van der Waals surface area contributed by atoms with Crippen LogP contribution in [0.4, 0.5) is 4.79 Å². The van der Waals surface area contributed by atoms with Crippen molar-refractivity contribution in [2.75, 3.05) is 12.9 Å². The Morgan fingerprint density at radius 3 is 2.32 bits per heavy atom. The van der Waals surface area contributed by atoms with Crippen LogP contribution in [0, 0.1) is 0 Å². The summed E-state index contributed by atoms with van der Waals surface area (Å²) >= 11 is 3.13. The minimum absolute atomic E-state index is 0.106. The Hall–Kier alpha value is -4.14. The Balaban J connectivity index is 1.57. The summed E-state index contributed by atoms with van der Waals surface area (Å²) < 4.78 is 6.80. The van der Waals surface area contributed by atoms with Crippen molar-refractivity contribution in [1.29, 1.82) is 0 Å². The molecule has 0 fully saturated rings. The largest absolute Gasteiger partial charge is 0.534 e. The van der Waals surface area contributed by atoms with Gasteiger partial charge < -0.3 is 9.30 Å². The van der Waals surface area contributed by atoms with E-state index >= 15 is 0 Å². The Morgan fingerprint density at radius 1 is 0.921 bits per heavy atom. The maximum atomic E-state index is 13.3. The summed E-state index contributed by atoms with van der Waals surface area (Å²) in [6, 6.07) is 25.9. The van der Waals surface area contributed by atoms with Crippen LogP contribution >= 0.6 is 23.1 Å². The molecule has 6 rings (SSSR count). The third-order valence-electron chi connectivity index (χ3n) is 6.41. The highest BCUT2D eigenvalue weighted by Crippen LogP contribution is 2.35. The van der Waals surface area contributed by atoms with E-state index in [4.69, 9.17) is 4.84 Å². The fourth-order valence-corrected chi connectivity index (χ4v) is 6.34. The molecule has 1 unspecified atom stereocenters. The molecule has 38 heavy (non-hydrogen) atoms. The second-order valence-electron chi connectivity index (χ2n) is 8.64. The van der Waals surface area contributed by atoms with Crippen molar-refractivity contribution >= 4 is 62.6 Å². The average Bonchev–Trinajstić information content (AvgIpc) is 3.74. The summed E-state index contributed by atoms with van der Waals surface area (Å²) in [5.41, 5.74) is 4.99. The summed E-state index contributed by atoms with van der Waals surface area (Å²) in [5, 5.41) is 7.85. The predicted molar refractivity (Wildman–Crippen MR) is 154 cm³/mol. The Kier molecular flexibility index (Phi) is 6.57. The van der Waals surface area contributed by atoms with Gasteiger partial charge in [-0.1, -0.05) is 47.6 Å². The summed E-state index contributed by atoms with van der Waals surface area (Å²) in [6.45, 7) is 0. The number of para-hydroxylation sites is 1. The molecule has 5 aromatic rings. The van der Waals surface area contributed by atoms with Gasteiger partial charge in [-0.05, 0) is 53.9 Å². The molecule has 0 amide bonds. The van der Waals surface area contributed by atoms with Gasteiger partial charge >= 0.3 is 6.16 Å². The topological polar surface area (TPSA) is 69.9 Å². The molecule has 1 aliphatic rings. The summed E-state index contributed by atoms with van der Waals surface area (Å²) in [6.07, 6.45) is 3.14. The maximum Gasteiger partial charge on any atom is 0.534 e. The molecule has 0 radical (unpaired) electrons. The van der Waals surface area contributed by atoms with Gasteiger partial charge in [0.1, 0.15) is 5.71 Å². The zero-order chi connectivity index (χ0) is 26.1. The highest BCUT2D eigenvalue weighted by atomic mass is 32.2. The molecular weight excluding hydrogens is 516 g/mol. The molecule has 0 aliphatic carbocycles. The quantitative estimate of drug-likeness (QED) is 0.0569.